The van der Waals surface area contributed by atoms with E-state index in [4.69, 9.17) is 18.7 Å². The third kappa shape index (κ3) is 3.89. The Bertz CT molecular complexity index is 775. The number of thiophene rings is 2. The molecule has 1 aliphatic rings. The Labute approximate surface area is 172 Å². The van der Waals surface area contributed by atoms with Crippen molar-refractivity contribution in [3.63, 3.8) is 0 Å². The lowest BCUT2D eigenvalue weighted by molar-refractivity contribution is -0.114. The van der Waals surface area contributed by atoms with E-state index in [9.17, 15) is 0 Å². The fourth-order valence-electron chi connectivity index (χ4n) is 2.60. The SMILES string of the molecule is COC(C)(C)C(C)(C)O[B]c1cc2cc(B3OC(C)(C)C(C)(C)O3)sc2s1. The molecule has 0 saturated carbocycles. The zero-order valence-electron chi connectivity index (χ0n) is 17.8. The molecular formula is C19H29B2O4S2. The van der Waals surface area contributed by atoms with Gasteiger partial charge in [0.05, 0.1) is 26.4 Å². The van der Waals surface area contributed by atoms with E-state index in [0.29, 0.717) is 0 Å². The van der Waals surface area contributed by atoms with Gasteiger partial charge in [0.25, 0.3) is 0 Å². The molecule has 27 heavy (non-hydrogen) atoms. The normalized spacial score (nSPS) is 19.8. The largest absolute Gasteiger partial charge is 0.505 e. The van der Waals surface area contributed by atoms with Gasteiger partial charge >= 0.3 is 14.6 Å². The predicted molar refractivity (Wildman–Crippen MR) is 117 cm³/mol. The van der Waals surface area contributed by atoms with Crippen LogP contribution in [-0.2, 0) is 18.7 Å². The van der Waals surface area contributed by atoms with Crippen LogP contribution in [0.4, 0.5) is 0 Å². The fraction of sp³-hybridized carbons (Fsp3) is 0.684. The molecule has 0 spiro atoms. The first-order chi connectivity index (χ1) is 12.3. The maximum absolute atomic E-state index is 6.17. The molecule has 0 bridgehead atoms. The lowest BCUT2D eigenvalue weighted by Gasteiger charge is -2.40. The highest BCUT2D eigenvalue weighted by molar-refractivity contribution is 7.45. The van der Waals surface area contributed by atoms with Crippen molar-refractivity contribution < 1.29 is 18.7 Å². The summed E-state index contributed by atoms with van der Waals surface area (Å²) in [5, 5.41) is 1.20. The van der Waals surface area contributed by atoms with E-state index in [2.05, 4.69) is 39.8 Å². The number of hydrogen-bond acceptors (Lipinski definition) is 6. The smallest absolute Gasteiger partial charge is 0.426 e. The van der Waals surface area contributed by atoms with Crippen molar-refractivity contribution in [2.24, 2.45) is 0 Å². The average molecular weight is 407 g/mol. The third-order valence-electron chi connectivity index (χ3n) is 6.17. The van der Waals surface area contributed by atoms with E-state index < -0.39 is 5.60 Å². The average Bonchev–Trinajstić information content (AvgIpc) is 3.15. The number of rotatable bonds is 6. The van der Waals surface area contributed by atoms with Crippen molar-refractivity contribution in [2.45, 2.75) is 77.8 Å². The standard InChI is InChI=1S/C19H29B2O4S2/c1-16(2,22-9)17(3,4)23-20-13-10-12-11-14(27-15(12)26-13)21-24-18(5,6)19(7,8)25-21/h10-11H,1-9H3. The Morgan fingerprint density at radius 3 is 2.07 bits per heavy atom. The van der Waals surface area contributed by atoms with Crippen molar-refractivity contribution in [3.05, 3.63) is 12.1 Å². The van der Waals surface area contributed by atoms with Crippen molar-refractivity contribution in [3.8, 4) is 0 Å². The molecule has 3 heterocycles. The van der Waals surface area contributed by atoms with Crippen molar-refractivity contribution >= 4 is 56.2 Å². The molecule has 0 amide bonds. The second kappa shape index (κ2) is 6.85. The molecule has 8 heteroatoms. The van der Waals surface area contributed by atoms with Crippen LogP contribution in [0.25, 0.3) is 9.40 Å². The Kier molecular flexibility index (Phi) is 5.42. The molecule has 0 aromatic carbocycles. The van der Waals surface area contributed by atoms with Gasteiger partial charge in [-0.15, -0.1) is 22.7 Å². The highest BCUT2D eigenvalue weighted by atomic mass is 32.2. The van der Waals surface area contributed by atoms with Gasteiger partial charge in [-0.25, -0.2) is 0 Å². The monoisotopic (exact) mass is 407 g/mol. The summed E-state index contributed by atoms with van der Waals surface area (Å²) in [6.07, 6.45) is 0. The van der Waals surface area contributed by atoms with Gasteiger partial charge in [-0.1, -0.05) is 0 Å². The third-order valence-corrected chi connectivity index (χ3v) is 8.51. The quantitative estimate of drug-likeness (QED) is 0.685. The van der Waals surface area contributed by atoms with E-state index in [1.165, 1.54) is 9.40 Å². The second-order valence-electron chi connectivity index (χ2n) is 9.09. The Morgan fingerprint density at radius 2 is 1.56 bits per heavy atom. The minimum Gasteiger partial charge on any atom is -0.426 e. The van der Waals surface area contributed by atoms with Crippen molar-refractivity contribution in [2.75, 3.05) is 7.11 Å². The van der Waals surface area contributed by atoms with Crippen LogP contribution in [0.5, 0.6) is 0 Å². The minimum absolute atomic E-state index is 0.301. The molecule has 1 aliphatic heterocycles. The number of hydrogen-bond donors (Lipinski definition) is 0. The van der Waals surface area contributed by atoms with E-state index >= 15 is 0 Å². The first kappa shape index (κ1) is 21.3. The maximum Gasteiger partial charge on any atom is 0.505 e. The van der Waals surface area contributed by atoms with Crippen LogP contribution >= 0.6 is 22.7 Å². The summed E-state index contributed by atoms with van der Waals surface area (Å²) in [5.41, 5.74) is -1.46. The molecule has 0 aliphatic carbocycles. The molecule has 2 aromatic rings. The van der Waals surface area contributed by atoms with Gasteiger partial charge in [0, 0.05) is 22.0 Å². The van der Waals surface area contributed by atoms with Crippen molar-refractivity contribution in [1.82, 2.24) is 0 Å². The fourth-order valence-corrected chi connectivity index (χ4v) is 4.91. The first-order valence-corrected chi connectivity index (χ1v) is 10.9. The highest BCUT2D eigenvalue weighted by Crippen LogP contribution is 2.38. The molecule has 1 saturated heterocycles. The van der Waals surface area contributed by atoms with Gasteiger partial charge in [-0.05, 0) is 67.5 Å². The molecule has 0 unspecified atom stereocenters. The van der Waals surface area contributed by atoms with Crippen LogP contribution in [0.15, 0.2) is 12.1 Å². The summed E-state index contributed by atoms with van der Waals surface area (Å²) >= 11 is 3.45. The van der Waals surface area contributed by atoms with Crippen LogP contribution in [0.1, 0.15) is 55.4 Å². The van der Waals surface area contributed by atoms with Crippen molar-refractivity contribution in [1.29, 1.82) is 0 Å². The van der Waals surface area contributed by atoms with Gasteiger partial charge in [-0.3, -0.25) is 0 Å². The van der Waals surface area contributed by atoms with Crippen LogP contribution < -0.4 is 9.55 Å². The van der Waals surface area contributed by atoms with Crippen LogP contribution in [0, 0.1) is 0 Å². The molecular weight excluding hydrogens is 378 g/mol. The zero-order chi connectivity index (χ0) is 20.3. The van der Waals surface area contributed by atoms with Crippen LogP contribution in [0.2, 0.25) is 0 Å². The molecule has 2 aromatic heterocycles. The molecule has 147 valence electrons. The molecule has 0 atom stereocenters. The van der Waals surface area contributed by atoms with Crippen LogP contribution in [-0.4, -0.2) is 44.1 Å². The molecule has 1 radical (unpaired) electrons. The van der Waals surface area contributed by atoms with E-state index in [0.717, 1.165) is 9.55 Å². The Morgan fingerprint density at radius 1 is 0.963 bits per heavy atom. The maximum atomic E-state index is 6.17. The molecule has 0 N–H and O–H groups in total. The number of fused-ring (bicyclic) bond motifs is 1. The summed E-state index contributed by atoms with van der Waals surface area (Å²) in [7, 11) is 3.25. The number of methoxy groups -OCH3 is 1. The summed E-state index contributed by atoms with van der Waals surface area (Å²) < 4.78 is 27.4. The van der Waals surface area contributed by atoms with Gasteiger partial charge in [0.1, 0.15) is 0 Å². The minimum atomic E-state index is -0.437. The van der Waals surface area contributed by atoms with Crippen LogP contribution in [0.3, 0.4) is 0 Å². The summed E-state index contributed by atoms with van der Waals surface area (Å²) in [5.74, 6) is 0. The topological polar surface area (TPSA) is 36.9 Å². The Hall–Kier alpha value is -0.370. The highest BCUT2D eigenvalue weighted by Gasteiger charge is 2.52. The second-order valence-corrected chi connectivity index (χ2v) is 11.5. The zero-order valence-corrected chi connectivity index (χ0v) is 19.4. The van der Waals surface area contributed by atoms with Gasteiger partial charge in [0.15, 0.2) is 0 Å². The summed E-state index contributed by atoms with van der Waals surface area (Å²) in [4.78, 5) is 0. The Balaban J connectivity index is 1.72. The molecule has 4 nitrogen and oxygen atoms in total. The lowest BCUT2D eigenvalue weighted by atomic mass is 9.85. The molecule has 1 fully saturated rings. The van der Waals surface area contributed by atoms with Gasteiger partial charge in [0.2, 0.25) is 0 Å². The molecule has 3 rings (SSSR count). The van der Waals surface area contributed by atoms with Gasteiger partial charge in [-0.2, -0.15) is 0 Å². The predicted octanol–water partition coefficient (Wildman–Crippen LogP) is 3.73. The number of ether oxygens (including phenoxy) is 1. The van der Waals surface area contributed by atoms with E-state index in [-0.39, 0.29) is 23.9 Å². The van der Waals surface area contributed by atoms with E-state index in [1.54, 1.807) is 29.8 Å². The first-order valence-electron chi connectivity index (χ1n) is 9.23. The van der Waals surface area contributed by atoms with E-state index in [1.807, 2.05) is 35.2 Å². The summed E-state index contributed by atoms with van der Waals surface area (Å²) in [6.45, 7) is 16.5. The van der Waals surface area contributed by atoms with Gasteiger partial charge < -0.3 is 18.7 Å². The lowest BCUT2D eigenvalue weighted by Crippen LogP contribution is -2.50. The summed E-state index contributed by atoms with van der Waals surface area (Å²) in [6, 6.07) is 4.32.